The normalized spacial score (nSPS) is 15.4. The summed E-state index contributed by atoms with van der Waals surface area (Å²) in [5.74, 6) is 2.07. The van der Waals surface area contributed by atoms with Gasteiger partial charge in [-0.25, -0.2) is 4.39 Å². The van der Waals surface area contributed by atoms with Gasteiger partial charge in [-0.3, -0.25) is 4.79 Å². The van der Waals surface area contributed by atoms with E-state index in [2.05, 4.69) is 0 Å². The Morgan fingerprint density at radius 3 is 2.41 bits per heavy atom. The first-order chi connectivity index (χ1) is 16.5. The number of hydrogen-bond acceptors (Lipinski definition) is 7. The summed E-state index contributed by atoms with van der Waals surface area (Å²) in [5.41, 5.74) is 2.62. The number of carbonyl (C=O) groups is 1. The molecule has 0 amide bonds. The van der Waals surface area contributed by atoms with Crippen LogP contribution in [0, 0.1) is 5.82 Å². The molecule has 2 aliphatic heterocycles. The molecule has 0 aliphatic carbocycles. The minimum Gasteiger partial charge on any atom is -0.493 e. The Balaban J connectivity index is 1.50. The third kappa shape index (κ3) is 3.57. The van der Waals surface area contributed by atoms with E-state index < -0.39 is 0 Å². The summed E-state index contributed by atoms with van der Waals surface area (Å²) in [5, 5.41) is 0. The number of nitrogens with zero attached hydrogens (tertiary/aromatic N) is 1. The average molecular weight is 463 g/mol. The van der Waals surface area contributed by atoms with Gasteiger partial charge in [-0.05, 0) is 54.6 Å². The van der Waals surface area contributed by atoms with E-state index >= 15 is 0 Å². The van der Waals surface area contributed by atoms with Gasteiger partial charge in [0.25, 0.3) is 0 Å². The Bertz CT molecular complexity index is 1300. The average Bonchev–Trinajstić information content (AvgIpc) is 3.19. The molecule has 0 radical (unpaired) electrons. The summed E-state index contributed by atoms with van der Waals surface area (Å²) in [6, 6.07) is 13.2. The Hall–Kier alpha value is -4.20. The van der Waals surface area contributed by atoms with E-state index in [4.69, 9.17) is 23.7 Å². The van der Waals surface area contributed by atoms with E-state index in [0.29, 0.717) is 53.2 Å². The number of rotatable bonds is 5. The number of ether oxygens (including phenoxy) is 5. The summed E-state index contributed by atoms with van der Waals surface area (Å²) in [7, 11) is 4.57. The number of halogens is 1. The number of anilines is 1. The molecule has 3 aromatic carbocycles. The van der Waals surface area contributed by atoms with Crippen molar-refractivity contribution in [2.75, 3.05) is 33.0 Å². The molecule has 0 saturated heterocycles. The second-order valence-electron chi connectivity index (χ2n) is 7.73. The van der Waals surface area contributed by atoms with Crippen molar-refractivity contribution in [3.8, 4) is 28.7 Å². The van der Waals surface area contributed by atoms with Crippen molar-refractivity contribution in [1.29, 1.82) is 0 Å². The van der Waals surface area contributed by atoms with Crippen LogP contribution in [0.5, 0.6) is 28.7 Å². The van der Waals surface area contributed by atoms with E-state index in [9.17, 15) is 9.18 Å². The molecule has 2 heterocycles. The molecule has 7 nitrogen and oxygen atoms in total. The van der Waals surface area contributed by atoms with Crippen LogP contribution in [0.25, 0.3) is 6.08 Å². The number of fused-ring (bicyclic) bond motifs is 3. The van der Waals surface area contributed by atoms with Crippen molar-refractivity contribution in [2.45, 2.75) is 6.54 Å². The molecule has 0 aromatic heterocycles. The van der Waals surface area contributed by atoms with Crippen molar-refractivity contribution < 1.29 is 32.9 Å². The lowest BCUT2D eigenvalue weighted by atomic mass is 10.0. The smallest absolute Gasteiger partial charge is 0.231 e. The van der Waals surface area contributed by atoms with E-state index in [1.807, 2.05) is 4.90 Å². The second-order valence-corrected chi connectivity index (χ2v) is 7.73. The molecule has 0 saturated carbocycles. The van der Waals surface area contributed by atoms with Crippen LogP contribution in [0.15, 0.2) is 54.3 Å². The Morgan fingerprint density at radius 2 is 1.71 bits per heavy atom. The van der Waals surface area contributed by atoms with Crippen LogP contribution < -0.4 is 28.6 Å². The molecule has 174 valence electrons. The highest BCUT2D eigenvalue weighted by Crippen LogP contribution is 2.44. The largest absolute Gasteiger partial charge is 0.493 e. The minimum absolute atomic E-state index is 0.160. The molecule has 0 N–H and O–H groups in total. The predicted octanol–water partition coefficient (Wildman–Crippen LogP) is 4.82. The van der Waals surface area contributed by atoms with Gasteiger partial charge in [0.2, 0.25) is 11.5 Å². The number of Topliss-reactive ketones (excluding diaryl/α,β-unsaturated/α-hetero) is 1. The van der Waals surface area contributed by atoms with Crippen LogP contribution >= 0.6 is 0 Å². The van der Waals surface area contributed by atoms with Crippen LogP contribution in [-0.4, -0.2) is 33.8 Å². The van der Waals surface area contributed by atoms with Gasteiger partial charge in [-0.2, -0.15) is 0 Å². The maximum absolute atomic E-state index is 13.3. The van der Waals surface area contributed by atoms with Gasteiger partial charge in [0, 0.05) is 11.3 Å². The summed E-state index contributed by atoms with van der Waals surface area (Å²) in [6.45, 7) is 0.751. The highest BCUT2D eigenvalue weighted by Gasteiger charge is 2.34. The quantitative estimate of drug-likeness (QED) is 0.503. The fourth-order valence-electron chi connectivity index (χ4n) is 4.16. The molecule has 8 heteroatoms. The highest BCUT2D eigenvalue weighted by molar-refractivity contribution is 6.15. The Labute approximate surface area is 195 Å². The number of ketones is 1. The third-order valence-electron chi connectivity index (χ3n) is 5.84. The fourth-order valence-corrected chi connectivity index (χ4v) is 4.16. The molecule has 2 aliphatic rings. The highest BCUT2D eigenvalue weighted by atomic mass is 19.1. The fraction of sp³-hybridized carbons (Fsp3) is 0.192. The third-order valence-corrected chi connectivity index (χ3v) is 5.84. The second kappa shape index (κ2) is 8.62. The monoisotopic (exact) mass is 463 g/mol. The van der Waals surface area contributed by atoms with E-state index in [1.165, 1.54) is 33.5 Å². The van der Waals surface area contributed by atoms with Gasteiger partial charge in [-0.15, -0.1) is 0 Å². The lowest BCUT2D eigenvalue weighted by Gasteiger charge is -2.31. The topological polar surface area (TPSA) is 66.5 Å². The van der Waals surface area contributed by atoms with Crippen molar-refractivity contribution in [3.63, 3.8) is 0 Å². The van der Waals surface area contributed by atoms with Gasteiger partial charge in [-0.1, -0.05) is 0 Å². The SMILES string of the molecule is COc1ccc(C=C2Oc3c(ccc4c3CN(c3ccc(F)cc3)CO4)C2=O)c(OC)c1OC. The zero-order valence-electron chi connectivity index (χ0n) is 18.9. The number of allylic oxidation sites excluding steroid dienone is 1. The van der Waals surface area contributed by atoms with Crippen LogP contribution in [0.1, 0.15) is 21.5 Å². The Morgan fingerprint density at radius 1 is 0.941 bits per heavy atom. The number of benzene rings is 3. The standard InChI is InChI=1S/C26H22FNO6/c1-30-21-10-4-15(24(31-2)26(21)32-3)12-22-23(29)18-9-11-20-19(25(18)34-22)13-28(14-33-20)17-7-5-16(27)6-8-17/h4-12H,13-14H2,1-3H3. The summed E-state index contributed by atoms with van der Waals surface area (Å²) in [4.78, 5) is 15.1. The predicted molar refractivity (Wildman–Crippen MR) is 124 cm³/mol. The zero-order chi connectivity index (χ0) is 23.8. The maximum atomic E-state index is 13.3. The van der Waals surface area contributed by atoms with Crippen molar-refractivity contribution >= 4 is 17.5 Å². The molecule has 34 heavy (non-hydrogen) atoms. The first-order valence-corrected chi connectivity index (χ1v) is 10.6. The minimum atomic E-state index is -0.308. The zero-order valence-corrected chi connectivity index (χ0v) is 18.9. The lowest BCUT2D eigenvalue weighted by molar-refractivity contribution is 0.101. The first kappa shape index (κ1) is 21.6. The molecule has 0 bridgehead atoms. The number of methoxy groups -OCH3 is 3. The molecular formula is C26H22FNO6. The van der Waals surface area contributed by atoms with Crippen LogP contribution in [0.3, 0.4) is 0 Å². The molecule has 0 spiro atoms. The molecule has 0 unspecified atom stereocenters. The van der Waals surface area contributed by atoms with E-state index in [1.54, 1.807) is 42.5 Å². The summed E-state index contributed by atoms with van der Waals surface area (Å²) >= 11 is 0. The van der Waals surface area contributed by atoms with Gasteiger partial charge in [0.1, 0.15) is 17.3 Å². The first-order valence-electron chi connectivity index (χ1n) is 10.6. The van der Waals surface area contributed by atoms with Gasteiger partial charge in [0.05, 0.1) is 39.0 Å². The number of carbonyl (C=O) groups excluding carboxylic acids is 1. The molecule has 3 aromatic rings. The van der Waals surface area contributed by atoms with Crippen molar-refractivity contribution in [2.24, 2.45) is 0 Å². The van der Waals surface area contributed by atoms with Crippen LogP contribution in [0.4, 0.5) is 10.1 Å². The maximum Gasteiger partial charge on any atom is 0.231 e. The van der Waals surface area contributed by atoms with Gasteiger partial charge >= 0.3 is 0 Å². The van der Waals surface area contributed by atoms with E-state index in [0.717, 1.165) is 11.3 Å². The molecule has 0 atom stereocenters. The Kier molecular flexibility index (Phi) is 5.49. The lowest BCUT2D eigenvalue weighted by Crippen LogP contribution is -2.32. The van der Waals surface area contributed by atoms with Gasteiger partial charge < -0.3 is 28.6 Å². The van der Waals surface area contributed by atoms with E-state index in [-0.39, 0.29) is 17.4 Å². The van der Waals surface area contributed by atoms with Crippen molar-refractivity contribution in [3.05, 3.63) is 76.8 Å². The van der Waals surface area contributed by atoms with Crippen molar-refractivity contribution in [1.82, 2.24) is 0 Å². The van der Waals surface area contributed by atoms with Crippen LogP contribution in [0.2, 0.25) is 0 Å². The molecule has 0 fully saturated rings. The number of hydrogen-bond donors (Lipinski definition) is 0. The summed E-state index contributed by atoms with van der Waals surface area (Å²) in [6.07, 6.45) is 1.62. The van der Waals surface area contributed by atoms with Gasteiger partial charge in [0.15, 0.2) is 24.0 Å². The molecule has 5 rings (SSSR count). The van der Waals surface area contributed by atoms with Crippen LogP contribution in [-0.2, 0) is 6.54 Å². The molecular weight excluding hydrogens is 441 g/mol. The summed E-state index contributed by atoms with van der Waals surface area (Å²) < 4.78 is 41.6.